The fourth-order valence-electron chi connectivity index (χ4n) is 2.76. The Labute approximate surface area is 143 Å². The van der Waals surface area contributed by atoms with Crippen LogP contribution in [0.4, 0.5) is 0 Å². The quantitative estimate of drug-likeness (QED) is 0.791. The highest BCUT2D eigenvalue weighted by Gasteiger charge is 2.24. The zero-order valence-electron chi connectivity index (χ0n) is 14.4. The lowest BCUT2D eigenvalue weighted by Crippen LogP contribution is -2.39. The number of nitrogens with zero attached hydrogens (tertiary/aromatic N) is 3. The van der Waals surface area contributed by atoms with Crippen LogP contribution >= 0.6 is 0 Å². The molecule has 1 aliphatic heterocycles. The Morgan fingerprint density at radius 2 is 2.17 bits per heavy atom. The third-order valence-electron chi connectivity index (χ3n) is 4.12. The Morgan fingerprint density at radius 1 is 1.33 bits per heavy atom. The molecule has 0 saturated carbocycles. The van der Waals surface area contributed by atoms with Crippen LogP contribution < -0.4 is 4.74 Å². The molecule has 1 atom stereocenters. The zero-order valence-corrected chi connectivity index (χ0v) is 14.4. The number of aromatic amines is 1. The number of hydrogen-bond donors (Lipinski definition) is 1. The van der Waals surface area contributed by atoms with Gasteiger partial charge in [0.15, 0.2) is 11.6 Å². The molecule has 6 heteroatoms. The minimum absolute atomic E-state index is 0.0196. The standard InChI is InChI=1S/C18H26N4O2/c1-14(2)17-19-18(21-20-17)16-13-22(10-12-24-16)9-6-11-23-15-7-4-3-5-8-15/h3-5,7-8,14,16H,6,9-13H2,1-2H3,(H,19,20,21). The molecule has 6 nitrogen and oxygen atoms in total. The maximum Gasteiger partial charge on any atom is 0.155 e. The molecule has 24 heavy (non-hydrogen) atoms. The predicted molar refractivity (Wildman–Crippen MR) is 92.2 cm³/mol. The predicted octanol–water partition coefficient (Wildman–Crippen LogP) is 2.77. The number of nitrogens with one attached hydrogen (secondary N) is 1. The normalized spacial score (nSPS) is 18.9. The van der Waals surface area contributed by atoms with Crippen molar-refractivity contribution in [2.75, 3.05) is 32.8 Å². The summed E-state index contributed by atoms with van der Waals surface area (Å²) in [6.07, 6.45) is 0.976. The van der Waals surface area contributed by atoms with E-state index in [-0.39, 0.29) is 6.10 Å². The first-order chi connectivity index (χ1) is 11.7. The fourth-order valence-corrected chi connectivity index (χ4v) is 2.76. The van der Waals surface area contributed by atoms with Gasteiger partial charge in [0.2, 0.25) is 0 Å². The molecule has 1 aliphatic rings. The third-order valence-corrected chi connectivity index (χ3v) is 4.12. The first-order valence-corrected chi connectivity index (χ1v) is 8.66. The van der Waals surface area contributed by atoms with Gasteiger partial charge in [0.25, 0.3) is 0 Å². The van der Waals surface area contributed by atoms with E-state index >= 15 is 0 Å². The van der Waals surface area contributed by atoms with Gasteiger partial charge in [-0.3, -0.25) is 10.00 Å². The van der Waals surface area contributed by atoms with E-state index in [0.29, 0.717) is 5.92 Å². The molecule has 0 bridgehead atoms. The second-order valence-electron chi connectivity index (χ2n) is 6.41. The van der Waals surface area contributed by atoms with Crippen molar-refractivity contribution in [2.45, 2.75) is 32.3 Å². The number of morpholine rings is 1. The second-order valence-corrected chi connectivity index (χ2v) is 6.41. The van der Waals surface area contributed by atoms with Crippen molar-refractivity contribution in [1.29, 1.82) is 0 Å². The lowest BCUT2D eigenvalue weighted by Gasteiger charge is -2.31. The van der Waals surface area contributed by atoms with E-state index in [1.807, 2.05) is 30.3 Å². The Morgan fingerprint density at radius 3 is 2.92 bits per heavy atom. The van der Waals surface area contributed by atoms with Gasteiger partial charge in [-0.15, -0.1) is 0 Å². The molecule has 2 heterocycles. The lowest BCUT2D eigenvalue weighted by atomic mass is 10.2. The molecular formula is C18H26N4O2. The minimum atomic E-state index is -0.0196. The van der Waals surface area contributed by atoms with Crippen molar-refractivity contribution in [3.63, 3.8) is 0 Å². The first kappa shape index (κ1) is 16.9. The summed E-state index contributed by atoms with van der Waals surface area (Å²) >= 11 is 0. The van der Waals surface area contributed by atoms with Crippen LogP contribution in [0.15, 0.2) is 30.3 Å². The molecule has 1 N–H and O–H groups in total. The summed E-state index contributed by atoms with van der Waals surface area (Å²) in [5.74, 6) is 2.94. The van der Waals surface area contributed by atoms with Gasteiger partial charge in [-0.05, 0) is 18.6 Å². The summed E-state index contributed by atoms with van der Waals surface area (Å²) < 4.78 is 11.6. The number of benzene rings is 1. The van der Waals surface area contributed by atoms with Crippen LogP contribution in [0.25, 0.3) is 0 Å². The smallest absolute Gasteiger partial charge is 0.155 e. The van der Waals surface area contributed by atoms with Crippen LogP contribution in [0.3, 0.4) is 0 Å². The zero-order chi connectivity index (χ0) is 16.8. The summed E-state index contributed by atoms with van der Waals surface area (Å²) in [5, 5.41) is 7.30. The van der Waals surface area contributed by atoms with Crippen molar-refractivity contribution in [2.24, 2.45) is 0 Å². The highest BCUT2D eigenvalue weighted by molar-refractivity contribution is 5.20. The number of aromatic nitrogens is 3. The van der Waals surface area contributed by atoms with Gasteiger partial charge in [-0.25, -0.2) is 4.98 Å². The van der Waals surface area contributed by atoms with E-state index in [4.69, 9.17) is 9.47 Å². The van der Waals surface area contributed by atoms with Gasteiger partial charge >= 0.3 is 0 Å². The summed E-state index contributed by atoms with van der Waals surface area (Å²) in [5.41, 5.74) is 0. The fraction of sp³-hybridized carbons (Fsp3) is 0.556. The highest BCUT2D eigenvalue weighted by atomic mass is 16.5. The van der Waals surface area contributed by atoms with Crippen LogP contribution in [0.2, 0.25) is 0 Å². The van der Waals surface area contributed by atoms with Gasteiger partial charge in [-0.1, -0.05) is 32.0 Å². The average Bonchev–Trinajstić information content (AvgIpc) is 3.10. The molecule has 0 amide bonds. The minimum Gasteiger partial charge on any atom is -0.494 e. The van der Waals surface area contributed by atoms with E-state index in [2.05, 4.69) is 33.9 Å². The Balaban J connectivity index is 1.43. The van der Waals surface area contributed by atoms with Crippen molar-refractivity contribution in [3.8, 4) is 5.75 Å². The Bertz CT molecular complexity index is 614. The molecule has 0 spiro atoms. The van der Waals surface area contributed by atoms with Crippen LogP contribution in [0, 0.1) is 0 Å². The van der Waals surface area contributed by atoms with Gasteiger partial charge < -0.3 is 9.47 Å². The highest BCUT2D eigenvalue weighted by Crippen LogP contribution is 2.20. The molecule has 1 saturated heterocycles. The summed E-state index contributed by atoms with van der Waals surface area (Å²) in [6, 6.07) is 9.95. The lowest BCUT2D eigenvalue weighted by molar-refractivity contribution is -0.0351. The van der Waals surface area contributed by atoms with E-state index in [0.717, 1.165) is 56.7 Å². The SMILES string of the molecule is CC(C)c1n[nH]c(C2CN(CCCOc3ccccc3)CCO2)n1. The van der Waals surface area contributed by atoms with Crippen molar-refractivity contribution in [3.05, 3.63) is 42.0 Å². The van der Waals surface area contributed by atoms with Gasteiger partial charge in [-0.2, -0.15) is 5.10 Å². The molecule has 130 valence electrons. The van der Waals surface area contributed by atoms with Crippen LogP contribution in [0.5, 0.6) is 5.75 Å². The van der Waals surface area contributed by atoms with Crippen molar-refractivity contribution in [1.82, 2.24) is 20.1 Å². The van der Waals surface area contributed by atoms with Crippen molar-refractivity contribution >= 4 is 0 Å². The first-order valence-electron chi connectivity index (χ1n) is 8.66. The van der Waals surface area contributed by atoms with Crippen molar-refractivity contribution < 1.29 is 9.47 Å². The number of ether oxygens (including phenoxy) is 2. The van der Waals surface area contributed by atoms with Crippen LogP contribution in [-0.2, 0) is 4.74 Å². The summed E-state index contributed by atoms with van der Waals surface area (Å²) in [4.78, 5) is 6.96. The molecule has 1 aromatic carbocycles. The average molecular weight is 330 g/mol. The van der Waals surface area contributed by atoms with Crippen LogP contribution in [-0.4, -0.2) is 52.9 Å². The van der Waals surface area contributed by atoms with Gasteiger partial charge in [0, 0.05) is 25.6 Å². The Kier molecular flexibility index (Phi) is 5.82. The number of hydrogen-bond acceptors (Lipinski definition) is 5. The largest absolute Gasteiger partial charge is 0.494 e. The molecule has 2 aromatic rings. The number of para-hydroxylation sites is 1. The second kappa shape index (κ2) is 8.26. The molecular weight excluding hydrogens is 304 g/mol. The molecule has 1 aromatic heterocycles. The van der Waals surface area contributed by atoms with Crippen LogP contribution in [0.1, 0.15) is 43.9 Å². The summed E-state index contributed by atoms with van der Waals surface area (Å²) in [6.45, 7) is 8.43. The Hall–Kier alpha value is -1.92. The summed E-state index contributed by atoms with van der Waals surface area (Å²) in [7, 11) is 0. The molecule has 0 aliphatic carbocycles. The third kappa shape index (κ3) is 4.55. The molecule has 3 rings (SSSR count). The monoisotopic (exact) mass is 330 g/mol. The maximum atomic E-state index is 5.86. The molecule has 1 unspecified atom stereocenters. The van der Waals surface area contributed by atoms with E-state index in [1.54, 1.807) is 0 Å². The number of rotatable bonds is 7. The van der Waals surface area contributed by atoms with Gasteiger partial charge in [0.05, 0.1) is 13.2 Å². The topological polar surface area (TPSA) is 63.3 Å². The molecule has 1 fully saturated rings. The maximum absolute atomic E-state index is 5.86. The van der Waals surface area contributed by atoms with E-state index < -0.39 is 0 Å². The molecule has 0 radical (unpaired) electrons. The van der Waals surface area contributed by atoms with E-state index in [1.165, 1.54) is 0 Å². The van der Waals surface area contributed by atoms with Gasteiger partial charge in [0.1, 0.15) is 11.9 Å². The van der Waals surface area contributed by atoms with E-state index in [9.17, 15) is 0 Å². The number of H-pyrrole nitrogens is 1.